The molecule has 0 bridgehead atoms. The van der Waals surface area contributed by atoms with Gasteiger partial charge in [0, 0.05) is 56.8 Å². The van der Waals surface area contributed by atoms with Crippen molar-refractivity contribution in [2.24, 2.45) is 0 Å². The first-order chi connectivity index (χ1) is 15.0. The van der Waals surface area contributed by atoms with Gasteiger partial charge in [0.15, 0.2) is 0 Å². The van der Waals surface area contributed by atoms with Gasteiger partial charge in [0.2, 0.25) is 0 Å². The highest BCUT2D eigenvalue weighted by atomic mass is 16.2. The number of carbonyl (C=O) groups excluding carboxylic acids is 2. The molecule has 0 atom stereocenters. The van der Waals surface area contributed by atoms with E-state index in [9.17, 15) is 9.59 Å². The molecule has 0 saturated heterocycles. The Balaban J connectivity index is 1.40. The Morgan fingerprint density at radius 3 is 2.61 bits per heavy atom. The lowest BCUT2D eigenvalue weighted by Gasteiger charge is -2.30. The van der Waals surface area contributed by atoms with Gasteiger partial charge in [-0.15, -0.1) is 0 Å². The minimum atomic E-state index is -0.175. The summed E-state index contributed by atoms with van der Waals surface area (Å²) in [4.78, 5) is 35.5. The molecule has 0 unspecified atom stereocenters. The van der Waals surface area contributed by atoms with E-state index < -0.39 is 0 Å². The molecule has 7 nitrogen and oxygen atoms in total. The molecule has 31 heavy (non-hydrogen) atoms. The summed E-state index contributed by atoms with van der Waals surface area (Å²) >= 11 is 0. The maximum absolute atomic E-state index is 12.6. The number of nitrogens with zero attached hydrogens (tertiary/aromatic N) is 3. The van der Waals surface area contributed by atoms with E-state index in [0.29, 0.717) is 17.7 Å². The largest absolute Gasteiger partial charge is 0.355 e. The lowest BCUT2D eigenvalue weighted by molar-refractivity contribution is 0.0945. The number of pyridine rings is 2. The van der Waals surface area contributed by atoms with Gasteiger partial charge < -0.3 is 15.5 Å². The molecule has 2 aromatic heterocycles. The molecule has 0 saturated carbocycles. The van der Waals surface area contributed by atoms with Crippen LogP contribution in [0.25, 0.3) is 0 Å². The molecule has 3 aromatic rings. The zero-order chi connectivity index (χ0) is 21.8. The van der Waals surface area contributed by atoms with Crippen LogP contribution in [0.15, 0.2) is 54.9 Å². The van der Waals surface area contributed by atoms with Gasteiger partial charge in [0.05, 0.1) is 5.56 Å². The van der Waals surface area contributed by atoms with E-state index in [1.807, 2.05) is 37.4 Å². The molecule has 0 radical (unpaired) electrons. The second kappa shape index (κ2) is 8.95. The zero-order valence-electron chi connectivity index (χ0n) is 17.7. The predicted octanol–water partition coefficient (Wildman–Crippen LogP) is 2.64. The lowest BCUT2D eigenvalue weighted by atomic mass is 10.0. The number of hydrogen-bond donors (Lipinski definition) is 2. The first-order valence-corrected chi connectivity index (χ1v) is 10.3. The summed E-state index contributed by atoms with van der Waals surface area (Å²) in [5.74, 6) is 0.590. The average molecular weight is 415 g/mol. The van der Waals surface area contributed by atoms with E-state index in [1.165, 1.54) is 5.56 Å². The molecule has 1 aromatic carbocycles. The van der Waals surface area contributed by atoms with E-state index in [4.69, 9.17) is 0 Å². The SMILES string of the molecule is CNC(=O)c1ccc(CNC(=O)c2cnc(N3CCc4ncccc4C3)c(C)c2)cc1. The van der Waals surface area contributed by atoms with Crippen molar-refractivity contribution in [2.45, 2.75) is 26.4 Å². The van der Waals surface area contributed by atoms with Gasteiger partial charge in [-0.2, -0.15) is 0 Å². The average Bonchev–Trinajstić information content (AvgIpc) is 2.82. The van der Waals surface area contributed by atoms with Crippen LogP contribution >= 0.6 is 0 Å². The molecule has 2 N–H and O–H groups in total. The van der Waals surface area contributed by atoms with Gasteiger partial charge in [-0.25, -0.2) is 4.98 Å². The van der Waals surface area contributed by atoms with Crippen LogP contribution in [0.5, 0.6) is 0 Å². The number of anilines is 1. The van der Waals surface area contributed by atoms with E-state index >= 15 is 0 Å². The molecule has 7 heteroatoms. The predicted molar refractivity (Wildman–Crippen MR) is 119 cm³/mol. The van der Waals surface area contributed by atoms with Gasteiger partial charge in [0.1, 0.15) is 5.82 Å². The Hall–Kier alpha value is -3.74. The number of aryl methyl sites for hydroxylation is 1. The van der Waals surface area contributed by atoms with Crippen LogP contribution in [-0.2, 0) is 19.5 Å². The summed E-state index contributed by atoms with van der Waals surface area (Å²) in [6.45, 7) is 3.99. The minimum absolute atomic E-state index is 0.134. The van der Waals surface area contributed by atoms with Crippen molar-refractivity contribution >= 4 is 17.6 Å². The van der Waals surface area contributed by atoms with Crippen molar-refractivity contribution in [2.75, 3.05) is 18.5 Å². The molecule has 0 spiro atoms. The van der Waals surface area contributed by atoms with Gasteiger partial charge in [-0.3, -0.25) is 14.6 Å². The first kappa shape index (κ1) is 20.5. The maximum Gasteiger partial charge on any atom is 0.253 e. The van der Waals surface area contributed by atoms with Crippen LogP contribution in [-0.4, -0.2) is 35.4 Å². The lowest BCUT2D eigenvalue weighted by Crippen LogP contribution is -2.32. The third kappa shape index (κ3) is 4.55. The molecular weight excluding hydrogens is 390 g/mol. The number of rotatable bonds is 5. The van der Waals surface area contributed by atoms with Crippen LogP contribution in [0.1, 0.15) is 43.1 Å². The van der Waals surface area contributed by atoms with Gasteiger partial charge in [-0.1, -0.05) is 18.2 Å². The van der Waals surface area contributed by atoms with Gasteiger partial charge in [0.25, 0.3) is 11.8 Å². The molecule has 1 aliphatic rings. The Kier molecular flexibility index (Phi) is 5.93. The summed E-state index contributed by atoms with van der Waals surface area (Å²) in [6.07, 6.45) is 4.35. The Morgan fingerprint density at radius 1 is 1.06 bits per heavy atom. The summed E-state index contributed by atoms with van der Waals surface area (Å²) in [5, 5.41) is 5.50. The Bertz CT molecular complexity index is 1110. The third-order valence-electron chi connectivity index (χ3n) is 5.47. The smallest absolute Gasteiger partial charge is 0.253 e. The van der Waals surface area contributed by atoms with E-state index in [1.54, 1.807) is 25.4 Å². The standard InChI is InChI=1S/C24H25N5O2/c1-16-12-20(24(31)28-13-17-5-7-18(8-6-17)23(30)25-2)14-27-22(16)29-11-9-21-19(15-29)4-3-10-26-21/h3-8,10,12,14H,9,11,13,15H2,1-2H3,(H,25,30)(H,28,31). The van der Waals surface area contributed by atoms with Crippen LogP contribution in [0.2, 0.25) is 0 Å². The highest BCUT2D eigenvalue weighted by Gasteiger charge is 2.20. The normalized spacial score (nSPS) is 12.8. The highest BCUT2D eigenvalue weighted by molar-refractivity contribution is 5.95. The fraction of sp³-hybridized carbons (Fsp3) is 0.250. The second-order valence-corrected chi connectivity index (χ2v) is 7.60. The van der Waals surface area contributed by atoms with Gasteiger partial charge in [-0.05, 0) is 47.9 Å². The zero-order valence-corrected chi connectivity index (χ0v) is 17.7. The van der Waals surface area contributed by atoms with Crippen LogP contribution < -0.4 is 15.5 Å². The first-order valence-electron chi connectivity index (χ1n) is 10.3. The Labute approximate surface area is 181 Å². The molecule has 2 amide bonds. The molecule has 4 rings (SSSR count). The van der Waals surface area contributed by atoms with Crippen molar-refractivity contribution in [1.29, 1.82) is 0 Å². The summed E-state index contributed by atoms with van der Waals surface area (Å²) in [5.41, 5.74) is 5.37. The number of hydrogen-bond acceptors (Lipinski definition) is 5. The number of nitrogens with one attached hydrogen (secondary N) is 2. The highest BCUT2D eigenvalue weighted by Crippen LogP contribution is 2.24. The van der Waals surface area contributed by atoms with Crippen molar-refractivity contribution in [3.05, 3.63) is 88.4 Å². The molecule has 1 aliphatic heterocycles. The topological polar surface area (TPSA) is 87.2 Å². The number of carbonyl (C=O) groups is 2. The minimum Gasteiger partial charge on any atom is -0.355 e. The van der Waals surface area contributed by atoms with Crippen molar-refractivity contribution in [1.82, 2.24) is 20.6 Å². The summed E-state index contributed by atoms with van der Waals surface area (Å²) in [6, 6.07) is 13.1. The Morgan fingerprint density at radius 2 is 1.87 bits per heavy atom. The second-order valence-electron chi connectivity index (χ2n) is 7.60. The molecule has 3 heterocycles. The fourth-order valence-corrected chi connectivity index (χ4v) is 3.77. The molecule has 158 valence electrons. The van der Waals surface area contributed by atoms with Crippen LogP contribution in [0.3, 0.4) is 0 Å². The number of amides is 2. The van der Waals surface area contributed by atoms with E-state index in [-0.39, 0.29) is 11.8 Å². The fourth-order valence-electron chi connectivity index (χ4n) is 3.77. The van der Waals surface area contributed by atoms with E-state index in [0.717, 1.165) is 42.1 Å². The van der Waals surface area contributed by atoms with Crippen molar-refractivity contribution in [3.63, 3.8) is 0 Å². The molecule has 0 aliphatic carbocycles. The maximum atomic E-state index is 12.6. The van der Waals surface area contributed by atoms with Crippen LogP contribution in [0.4, 0.5) is 5.82 Å². The summed E-state index contributed by atoms with van der Waals surface area (Å²) < 4.78 is 0. The molecular formula is C24H25N5O2. The van der Waals surface area contributed by atoms with Crippen molar-refractivity contribution < 1.29 is 9.59 Å². The van der Waals surface area contributed by atoms with Crippen LogP contribution in [0, 0.1) is 6.92 Å². The monoisotopic (exact) mass is 415 g/mol. The van der Waals surface area contributed by atoms with E-state index in [2.05, 4.69) is 31.6 Å². The third-order valence-corrected chi connectivity index (χ3v) is 5.47. The number of fused-ring (bicyclic) bond motifs is 1. The van der Waals surface area contributed by atoms with Gasteiger partial charge >= 0.3 is 0 Å². The number of aromatic nitrogens is 2. The number of benzene rings is 1. The summed E-state index contributed by atoms with van der Waals surface area (Å²) in [7, 11) is 1.60. The van der Waals surface area contributed by atoms with Crippen molar-refractivity contribution in [3.8, 4) is 0 Å². The molecule has 0 fully saturated rings. The quantitative estimate of drug-likeness (QED) is 0.669.